The average Bonchev–Trinajstić information content (AvgIpc) is 3.08. The van der Waals surface area contributed by atoms with Crippen LogP contribution >= 0.6 is 11.8 Å². The molecule has 0 radical (unpaired) electrons. The van der Waals surface area contributed by atoms with Crippen molar-refractivity contribution in [2.75, 3.05) is 0 Å². The van der Waals surface area contributed by atoms with Crippen LogP contribution in [0.15, 0.2) is 88.8 Å². The molecule has 0 saturated carbocycles. The fraction of sp³-hybridized carbons (Fsp3) is 0.0435. The van der Waals surface area contributed by atoms with Gasteiger partial charge in [0.1, 0.15) is 18.2 Å². The monoisotopic (exact) mass is 404 g/mol. The van der Waals surface area contributed by atoms with Crippen LogP contribution in [0.2, 0.25) is 0 Å². The third-order valence-corrected chi connectivity index (χ3v) is 5.09. The molecule has 144 valence electrons. The molecule has 1 amide bonds. The van der Waals surface area contributed by atoms with Gasteiger partial charge in [-0.1, -0.05) is 54.6 Å². The molecule has 1 aliphatic heterocycles. The van der Waals surface area contributed by atoms with Gasteiger partial charge in [0.15, 0.2) is 5.17 Å². The third kappa shape index (κ3) is 4.73. The zero-order valence-electron chi connectivity index (χ0n) is 15.3. The minimum atomic E-state index is -0.309. The number of hydrogen-bond acceptors (Lipinski definition) is 4. The van der Waals surface area contributed by atoms with Crippen LogP contribution in [-0.4, -0.2) is 11.1 Å². The standard InChI is InChI=1S/C23H17FN2O2S/c24-19-12-6-4-9-17(19)15-28-20-13-7-5-8-16(20)14-21-22(27)26-23(29-21)25-18-10-2-1-3-11-18/h1-14H,15H2,(H,25,26,27)/b21-14-. The number of benzene rings is 3. The lowest BCUT2D eigenvalue weighted by Gasteiger charge is -2.10. The maximum absolute atomic E-state index is 13.8. The summed E-state index contributed by atoms with van der Waals surface area (Å²) in [4.78, 5) is 17.3. The van der Waals surface area contributed by atoms with Crippen molar-refractivity contribution >= 4 is 34.6 Å². The minimum absolute atomic E-state index is 0.104. The number of amides is 1. The SMILES string of the molecule is O=C1NC(=Nc2ccccc2)S/C1=C\c1ccccc1OCc1ccccc1F. The van der Waals surface area contributed by atoms with Crippen molar-refractivity contribution in [1.82, 2.24) is 5.32 Å². The first kappa shape index (κ1) is 19.0. The van der Waals surface area contributed by atoms with E-state index >= 15 is 0 Å². The van der Waals surface area contributed by atoms with E-state index in [0.717, 1.165) is 11.3 Å². The molecule has 4 rings (SSSR count). The van der Waals surface area contributed by atoms with Gasteiger partial charge in [-0.05, 0) is 42.1 Å². The van der Waals surface area contributed by atoms with Gasteiger partial charge < -0.3 is 10.1 Å². The summed E-state index contributed by atoms with van der Waals surface area (Å²) >= 11 is 1.27. The highest BCUT2D eigenvalue weighted by atomic mass is 32.2. The molecule has 0 unspecified atom stereocenters. The maximum Gasteiger partial charge on any atom is 0.264 e. The van der Waals surface area contributed by atoms with Crippen LogP contribution in [0.25, 0.3) is 6.08 Å². The summed E-state index contributed by atoms with van der Waals surface area (Å²) in [6, 6.07) is 23.3. The first-order chi connectivity index (χ1) is 14.2. The van der Waals surface area contributed by atoms with E-state index in [1.165, 1.54) is 17.8 Å². The van der Waals surface area contributed by atoms with Gasteiger partial charge in [-0.15, -0.1) is 0 Å². The van der Waals surface area contributed by atoms with E-state index < -0.39 is 0 Å². The Kier molecular flexibility index (Phi) is 5.72. The van der Waals surface area contributed by atoms with Crippen LogP contribution < -0.4 is 10.1 Å². The molecule has 3 aromatic carbocycles. The van der Waals surface area contributed by atoms with Crippen LogP contribution in [0.1, 0.15) is 11.1 Å². The van der Waals surface area contributed by atoms with Crippen molar-refractivity contribution in [1.29, 1.82) is 0 Å². The van der Waals surface area contributed by atoms with Crippen LogP contribution in [-0.2, 0) is 11.4 Å². The van der Waals surface area contributed by atoms with Gasteiger partial charge in [-0.3, -0.25) is 4.79 Å². The number of carbonyl (C=O) groups excluding carboxylic acids is 1. The molecule has 0 spiro atoms. The van der Waals surface area contributed by atoms with Crippen LogP contribution in [0, 0.1) is 5.82 Å². The molecule has 3 aromatic rings. The second-order valence-electron chi connectivity index (χ2n) is 6.24. The van der Waals surface area contributed by atoms with Gasteiger partial charge in [0.2, 0.25) is 0 Å². The predicted octanol–water partition coefficient (Wildman–Crippen LogP) is 5.30. The largest absolute Gasteiger partial charge is 0.488 e. The molecule has 0 atom stereocenters. The number of rotatable bonds is 5. The molecule has 29 heavy (non-hydrogen) atoms. The maximum atomic E-state index is 13.8. The zero-order valence-corrected chi connectivity index (χ0v) is 16.2. The van der Waals surface area contributed by atoms with Crippen LogP contribution in [0.4, 0.5) is 10.1 Å². The van der Waals surface area contributed by atoms with Gasteiger partial charge in [-0.25, -0.2) is 9.38 Å². The van der Waals surface area contributed by atoms with E-state index in [1.54, 1.807) is 30.3 Å². The lowest BCUT2D eigenvalue weighted by atomic mass is 10.1. The minimum Gasteiger partial charge on any atom is -0.488 e. The lowest BCUT2D eigenvalue weighted by Crippen LogP contribution is -2.19. The number of aliphatic imine (C=N–C) groups is 1. The molecular formula is C23H17FN2O2S. The van der Waals surface area contributed by atoms with E-state index in [2.05, 4.69) is 10.3 Å². The Labute approximate surface area is 172 Å². The predicted molar refractivity (Wildman–Crippen MR) is 114 cm³/mol. The molecule has 6 heteroatoms. The number of nitrogens with zero attached hydrogens (tertiary/aromatic N) is 1. The van der Waals surface area contributed by atoms with Crippen molar-refractivity contribution in [2.45, 2.75) is 6.61 Å². The number of amidine groups is 1. The molecule has 1 N–H and O–H groups in total. The molecule has 1 saturated heterocycles. The van der Waals surface area contributed by atoms with Crippen molar-refractivity contribution in [3.8, 4) is 5.75 Å². The molecular weight excluding hydrogens is 387 g/mol. The van der Waals surface area contributed by atoms with Crippen molar-refractivity contribution < 1.29 is 13.9 Å². The summed E-state index contributed by atoms with van der Waals surface area (Å²) in [6.07, 6.45) is 1.75. The quantitative estimate of drug-likeness (QED) is 0.588. The summed E-state index contributed by atoms with van der Waals surface area (Å²) in [5, 5.41) is 3.30. The lowest BCUT2D eigenvalue weighted by molar-refractivity contribution is -0.115. The Hall–Kier alpha value is -3.38. The number of halogens is 1. The van der Waals surface area contributed by atoms with E-state index in [0.29, 0.717) is 21.4 Å². The van der Waals surface area contributed by atoms with Crippen LogP contribution in [0.3, 0.4) is 0 Å². The smallest absolute Gasteiger partial charge is 0.264 e. The number of para-hydroxylation sites is 2. The molecule has 4 nitrogen and oxygen atoms in total. The van der Waals surface area contributed by atoms with Gasteiger partial charge in [0, 0.05) is 11.1 Å². The Morgan fingerprint density at radius 1 is 0.966 bits per heavy atom. The Balaban J connectivity index is 1.53. The second kappa shape index (κ2) is 8.75. The molecule has 1 heterocycles. The van der Waals surface area contributed by atoms with Crippen molar-refractivity contribution in [3.63, 3.8) is 0 Å². The summed E-state index contributed by atoms with van der Waals surface area (Å²) in [5.74, 6) is 0.0505. The molecule has 1 aliphatic rings. The molecule has 1 fully saturated rings. The zero-order chi connectivity index (χ0) is 20.1. The van der Waals surface area contributed by atoms with Gasteiger partial charge >= 0.3 is 0 Å². The summed E-state index contributed by atoms with van der Waals surface area (Å²) in [7, 11) is 0. The number of thioether (sulfide) groups is 1. The highest BCUT2D eigenvalue weighted by molar-refractivity contribution is 8.18. The first-order valence-electron chi connectivity index (χ1n) is 8.99. The fourth-order valence-electron chi connectivity index (χ4n) is 2.74. The molecule has 0 bridgehead atoms. The first-order valence-corrected chi connectivity index (χ1v) is 9.80. The van der Waals surface area contributed by atoms with E-state index in [1.807, 2.05) is 48.5 Å². The third-order valence-electron chi connectivity index (χ3n) is 4.18. The Morgan fingerprint density at radius 3 is 2.52 bits per heavy atom. The van der Waals surface area contributed by atoms with Crippen molar-refractivity contribution in [2.24, 2.45) is 4.99 Å². The summed E-state index contributed by atoms with van der Waals surface area (Å²) in [5.41, 5.74) is 1.98. The molecule has 0 aliphatic carbocycles. The molecule has 0 aromatic heterocycles. The van der Waals surface area contributed by atoms with Gasteiger partial charge in [0.25, 0.3) is 5.91 Å². The van der Waals surface area contributed by atoms with E-state index in [4.69, 9.17) is 4.74 Å². The number of carbonyl (C=O) groups is 1. The highest BCUT2D eigenvalue weighted by Crippen LogP contribution is 2.30. The normalized spacial score (nSPS) is 16.2. The highest BCUT2D eigenvalue weighted by Gasteiger charge is 2.24. The Morgan fingerprint density at radius 2 is 1.69 bits per heavy atom. The topological polar surface area (TPSA) is 50.7 Å². The average molecular weight is 404 g/mol. The van der Waals surface area contributed by atoms with Gasteiger partial charge in [0.05, 0.1) is 10.6 Å². The number of nitrogens with one attached hydrogen (secondary N) is 1. The number of ether oxygens (including phenoxy) is 1. The van der Waals surface area contributed by atoms with Crippen LogP contribution in [0.5, 0.6) is 5.75 Å². The second-order valence-corrected chi connectivity index (χ2v) is 7.27. The fourth-order valence-corrected chi connectivity index (χ4v) is 3.58. The number of hydrogen-bond donors (Lipinski definition) is 1. The van der Waals surface area contributed by atoms with E-state index in [-0.39, 0.29) is 18.3 Å². The summed E-state index contributed by atoms with van der Waals surface area (Å²) < 4.78 is 19.6. The van der Waals surface area contributed by atoms with Crippen molar-refractivity contribution in [3.05, 3.63) is 101 Å². The Bertz CT molecular complexity index is 1100. The van der Waals surface area contributed by atoms with E-state index in [9.17, 15) is 9.18 Å². The summed E-state index contributed by atoms with van der Waals surface area (Å²) in [6.45, 7) is 0.104. The van der Waals surface area contributed by atoms with Gasteiger partial charge in [-0.2, -0.15) is 0 Å².